The molecule has 0 saturated heterocycles. The Morgan fingerprint density at radius 1 is 1.30 bits per heavy atom. The third kappa shape index (κ3) is 3.65. The van der Waals surface area contributed by atoms with E-state index in [9.17, 15) is 27.9 Å². The second kappa shape index (κ2) is 5.95. The van der Waals surface area contributed by atoms with Gasteiger partial charge < -0.3 is 15.5 Å². The van der Waals surface area contributed by atoms with E-state index in [2.05, 4.69) is 15.5 Å². The first-order chi connectivity index (χ1) is 10.7. The number of carboxylic acid groups (broad SMARTS) is 1. The van der Waals surface area contributed by atoms with Crippen molar-refractivity contribution >= 4 is 11.9 Å². The first-order valence-electron chi connectivity index (χ1n) is 6.45. The van der Waals surface area contributed by atoms with Crippen LogP contribution in [-0.2, 0) is 10.5 Å². The Kier molecular flexibility index (Phi) is 4.37. The fourth-order valence-electron chi connectivity index (χ4n) is 1.91. The van der Waals surface area contributed by atoms with Crippen LogP contribution < -0.4 is 5.32 Å². The van der Waals surface area contributed by atoms with Crippen molar-refractivity contribution in [2.75, 3.05) is 6.54 Å². The number of alkyl halides is 3. The highest BCUT2D eigenvalue weighted by molar-refractivity contribution is 5.94. The number of hydrogen-bond donors (Lipinski definition) is 3. The molecule has 1 amide bonds. The van der Waals surface area contributed by atoms with Crippen LogP contribution >= 0.6 is 0 Å². The fraction of sp³-hybridized carbons (Fsp3) is 0.385. The minimum absolute atomic E-state index is 0.0778. The molecule has 1 heterocycles. The van der Waals surface area contributed by atoms with Crippen LogP contribution in [0, 0.1) is 0 Å². The summed E-state index contributed by atoms with van der Waals surface area (Å²) in [5.41, 5.74) is -2.98. The predicted octanol–water partition coefficient (Wildman–Crippen LogP) is 1.43. The Hall–Kier alpha value is -2.49. The number of hydrogen-bond acceptors (Lipinski definition) is 5. The number of aliphatic hydroxyl groups is 1. The molecule has 0 fully saturated rings. The molecule has 1 aliphatic rings. The summed E-state index contributed by atoms with van der Waals surface area (Å²) in [6, 6.07) is 4.71. The largest absolute Gasteiger partial charge is 0.481 e. The number of carbonyl (C=O) groups is 2. The number of benzene rings is 1. The van der Waals surface area contributed by atoms with Crippen LogP contribution in [0.1, 0.15) is 22.3 Å². The van der Waals surface area contributed by atoms with Crippen molar-refractivity contribution in [1.82, 2.24) is 5.32 Å². The first-order valence-corrected chi connectivity index (χ1v) is 6.45. The van der Waals surface area contributed by atoms with Crippen molar-refractivity contribution in [2.24, 2.45) is 10.2 Å². The van der Waals surface area contributed by atoms with Gasteiger partial charge in [0.1, 0.15) is 0 Å². The molecule has 7 nitrogen and oxygen atoms in total. The monoisotopic (exact) mass is 331 g/mol. The van der Waals surface area contributed by atoms with Gasteiger partial charge in [-0.25, -0.2) is 0 Å². The molecule has 2 rings (SSSR count). The normalized spacial score (nSPS) is 16.7. The smallest absolute Gasteiger partial charge is 0.442 e. The number of carbonyl (C=O) groups excluding carboxylic acids is 1. The number of amides is 1. The number of nitrogens with one attached hydrogen (secondary N) is 1. The Bertz CT molecular complexity index is 654. The van der Waals surface area contributed by atoms with Crippen molar-refractivity contribution in [1.29, 1.82) is 0 Å². The van der Waals surface area contributed by atoms with E-state index in [0.717, 1.165) is 12.1 Å². The number of nitrogens with zero attached hydrogens (tertiary/aromatic N) is 2. The van der Waals surface area contributed by atoms with Gasteiger partial charge in [-0.1, -0.05) is 12.1 Å². The van der Waals surface area contributed by atoms with Crippen molar-refractivity contribution in [3.63, 3.8) is 0 Å². The molecule has 3 N–H and O–H groups in total. The Morgan fingerprint density at radius 3 is 2.48 bits per heavy atom. The molecule has 124 valence electrons. The van der Waals surface area contributed by atoms with E-state index in [1.54, 1.807) is 0 Å². The van der Waals surface area contributed by atoms with E-state index in [0.29, 0.717) is 0 Å². The molecule has 0 spiro atoms. The van der Waals surface area contributed by atoms with Crippen molar-refractivity contribution < 1.29 is 33.0 Å². The summed E-state index contributed by atoms with van der Waals surface area (Å²) in [5, 5.41) is 26.2. The number of aliphatic carboxylic acids is 1. The van der Waals surface area contributed by atoms with Gasteiger partial charge in [-0.3, -0.25) is 9.59 Å². The van der Waals surface area contributed by atoms with Gasteiger partial charge in [0.05, 0.1) is 12.5 Å². The summed E-state index contributed by atoms with van der Waals surface area (Å²) in [5.74, 6) is -1.98. The Balaban J connectivity index is 2.06. The van der Waals surface area contributed by atoms with E-state index in [1.165, 1.54) is 12.1 Å². The van der Waals surface area contributed by atoms with E-state index >= 15 is 0 Å². The quantitative estimate of drug-likeness (QED) is 0.732. The lowest BCUT2D eigenvalue weighted by molar-refractivity contribution is -0.166. The molecule has 0 radical (unpaired) electrons. The zero-order valence-corrected chi connectivity index (χ0v) is 11.5. The van der Waals surface area contributed by atoms with Crippen LogP contribution in [0.3, 0.4) is 0 Å². The standard InChI is InChI=1S/C13H12F3N3O4/c14-13(15,16)12(18-19-12)8-3-1-2-7(4-8)11(23)17-6-9(20)5-10(21)22/h1-4,9,20H,5-6H2,(H,17,23)(H,21,22). The second-order valence-electron chi connectivity index (χ2n) is 4.91. The molecule has 1 aromatic rings. The zero-order valence-electron chi connectivity index (χ0n) is 11.5. The zero-order chi connectivity index (χ0) is 17.3. The highest BCUT2D eigenvalue weighted by atomic mass is 19.4. The van der Waals surface area contributed by atoms with Gasteiger partial charge in [0, 0.05) is 17.7 Å². The molecule has 1 aliphatic heterocycles. The molecule has 0 bridgehead atoms. The summed E-state index contributed by atoms with van der Waals surface area (Å²) in [6.45, 7) is -0.339. The van der Waals surface area contributed by atoms with Gasteiger partial charge in [0.15, 0.2) is 0 Å². The average Bonchev–Trinajstić information content (AvgIpc) is 3.25. The Labute approximate surface area is 127 Å². The minimum atomic E-state index is -4.69. The third-order valence-corrected chi connectivity index (χ3v) is 3.13. The van der Waals surface area contributed by atoms with Crippen LogP contribution in [-0.4, -0.2) is 40.9 Å². The molecule has 0 saturated carbocycles. The van der Waals surface area contributed by atoms with Crippen molar-refractivity contribution in [3.05, 3.63) is 35.4 Å². The first kappa shape index (κ1) is 16.9. The number of aliphatic hydroxyl groups excluding tert-OH is 1. The van der Waals surface area contributed by atoms with Gasteiger partial charge in [-0.05, 0) is 12.1 Å². The van der Waals surface area contributed by atoms with E-state index in [1.807, 2.05) is 0 Å². The number of halogens is 3. The molecule has 10 heteroatoms. The number of carboxylic acids is 1. The fourth-order valence-corrected chi connectivity index (χ4v) is 1.91. The topological polar surface area (TPSA) is 111 Å². The lowest BCUT2D eigenvalue weighted by atomic mass is 10.00. The molecular weight excluding hydrogens is 319 g/mol. The minimum Gasteiger partial charge on any atom is -0.481 e. The maximum absolute atomic E-state index is 12.9. The summed E-state index contributed by atoms with van der Waals surface area (Å²) < 4.78 is 38.7. The highest BCUT2D eigenvalue weighted by Crippen LogP contribution is 2.52. The molecule has 1 unspecified atom stereocenters. The van der Waals surface area contributed by atoms with Crippen molar-refractivity contribution in [2.45, 2.75) is 24.4 Å². The third-order valence-electron chi connectivity index (χ3n) is 3.13. The van der Waals surface area contributed by atoms with Crippen LogP contribution in [0.4, 0.5) is 13.2 Å². The molecule has 1 atom stereocenters. The molecule has 0 aromatic heterocycles. The summed E-state index contributed by atoms with van der Waals surface area (Å²) >= 11 is 0. The molecule has 0 aliphatic carbocycles. The second-order valence-corrected chi connectivity index (χ2v) is 4.91. The SMILES string of the molecule is O=C(O)CC(O)CNC(=O)c1cccc(C2(C(F)(F)F)N=N2)c1. The maximum Gasteiger partial charge on any atom is 0.442 e. The average molecular weight is 331 g/mol. The lowest BCUT2D eigenvalue weighted by Gasteiger charge is -2.15. The lowest BCUT2D eigenvalue weighted by Crippen LogP contribution is -2.34. The van der Waals surface area contributed by atoms with Crippen LogP contribution in [0.15, 0.2) is 34.5 Å². The van der Waals surface area contributed by atoms with E-state index in [-0.39, 0.29) is 17.7 Å². The van der Waals surface area contributed by atoms with Gasteiger partial charge in [-0.2, -0.15) is 13.2 Å². The maximum atomic E-state index is 12.9. The van der Waals surface area contributed by atoms with Gasteiger partial charge in [-0.15, -0.1) is 10.2 Å². The number of rotatable bonds is 6. The van der Waals surface area contributed by atoms with Gasteiger partial charge in [0.25, 0.3) is 5.91 Å². The van der Waals surface area contributed by atoms with E-state index in [4.69, 9.17) is 5.11 Å². The van der Waals surface area contributed by atoms with Crippen molar-refractivity contribution in [3.8, 4) is 0 Å². The van der Waals surface area contributed by atoms with E-state index < -0.39 is 36.2 Å². The summed E-state index contributed by atoms with van der Waals surface area (Å²) in [7, 11) is 0. The molecule has 1 aromatic carbocycles. The van der Waals surface area contributed by atoms with Gasteiger partial charge in [0.2, 0.25) is 0 Å². The summed E-state index contributed by atoms with van der Waals surface area (Å²) in [6.07, 6.45) is -6.55. The van der Waals surface area contributed by atoms with Gasteiger partial charge >= 0.3 is 17.8 Å². The van der Waals surface area contributed by atoms with Crippen LogP contribution in [0.5, 0.6) is 0 Å². The summed E-state index contributed by atoms with van der Waals surface area (Å²) in [4.78, 5) is 22.3. The Morgan fingerprint density at radius 2 is 1.96 bits per heavy atom. The van der Waals surface area contributed by atoms with Crippen LogP contribution in [0.2, 0.25) is 0 Å². The van der Waals surface area contributed by atoms with Crippen LogP contribution in [0.25, 0.3) is 0 Å². The molecular formula is C13H12F3N3O4. The molecule has 23 heavy (non-hydrogen) atoms. The highest BCUT2D eigenvalue weighted by Gasteiger charge is 2.65. The predicted molar refractivity (Wildman–Crippen MR) is 69.6 cm³/mol.